The minimum absolute atomic E-state index is 0.143. The third kappa shape index (κ3) is 2.49. The molecule has 7 nitrogen and oxygen atoms in total. The number of sulfonamides is 1. The van der Waals surface area contributed by atoms with Gasteiger partial charge in [-0.2, -0.15) is 4.31 Å². The molecule has 124 valence electrons. The fourth-order valence-electron chi connectivity index (χ4n) is 2.83. The van der Waals surface area contributed by atoms with Crippen molar-refractivity contribution in [2.75, 3.05) is 13.2 Å². The Morgan fingerprint density at radius 2 is 1.83 bits per heavy atom. The van der Waals surface area contributed by atoms with E-state index in [9.17, 15) is 13.2 Å². The third-order valence-electron chi connectivity index (χ3n) is 4.04. The van der Waals surface area contributed by atoms with Crippen molar-refractivity contribution in [3.05, 3.63) is 58.5 Å². The SMILES string of the molecule is O=c1[nH]c2ccc(S(=O)(=O)N3CCOc4ccccc4C3)cc2[nH]1. The van der Waals surface area contributed by atoms with Gasteiger partial charge in [0.25, 0.3) is 0 Å². The Morgan fingerprint density at radius 1 is 1.04 bits per heavy atom. The van der Waals surface area contributed by atoms with Crippen molar-refractivity contribution in [2.45, 2.75) is 11.4 Å². The molecular weight excluding hydrogens is 330 g/mol. The van der Waals surface area contributed by atoms with Crippen LogP contribution in [0, 0.1) is 0 Å². The van der Waals surface area contributed by atoms with Crippen molar-refractivity contribution in [3.63, 3.8) is 0 Å². The van der Waals surface area contributed by atoms with Gasteiger partial charge < -0.3 is 14.7 Å². The topological polar surface area (TPSA) is 95.3 Å². The predicted octanol–water partition coefficient (Wildman–Crippen LogP) is 1.44. The molecule has 0 radical (unpaired) electrons. The van der Waals surface area contributed by atoms with Crippen molar-refractivity contribution in [1.82, 2.24) is 14.3 Å². The first kappa shape index (κ1) is 15.0. The molecule has 0 spiro atoms. The summed E-state index contributed by atoms with van der Waals surface area (Å²) in [7, 11) is -3.69. The Labute approximate surface area is 137 Å². The zero-order valence-electron chi connectivity index (χ0n) is 12.7. The van der Waals surface area contributed by atoms with Crippen LogP contribution in [0.15, 0.2) is 52.2 Å². The van der Waals surface area contributed by atoms with Gasteiger partial charge in [0.05, 0.1) is 15.9 Å². The lowest BCUT2D eigenvalue weighted by Crippen LogP contribution is -2.32. The largest absolute Gasteiger partial charge is 0.492 e. The van der Waals surface area contributed by atoms with Crippen LogP contribution in [0.1, 0.15) is 5.56 Å². The lowest BCUT2D eigenvalue weighted by atomic mass is 10.2. The molecule has 4 rings (SSSR count). The first-order valence-electron chi connectivity index (χ1n) is 7.47. The highest BCUT2D eigenvalue weighted by Crippen LogP contribution is 2.27. The number of nitrogens with one attached hydrogen (secondary N) is 2. The van der Waals surface area contributed by atoms with E-state index in [1.807, 2.05) is 24.3 Å². The normalized spacial score (nSPS) is 15.7. The fourth-order valence-corrected chi connectivity index (χ4v) is 4.26. The van der Waals surface area contributed by atoms with E-state index >= 15 is 0 Å². The molecule has 2 aromatic carbocycles. The summed E-state index contributed by atoms with van der Waals surface area (Å²) in [5.74, 6) is 0.709. The van der Waals surface area contributed by atoms with Gasteiger partial charge in [-0.05, 0) is 24.3 Å². The number of para-hydroxylation sites is 1. The van der Waals surface area contributed by atoms with Crippen LogP contribution in [0.5, 0.6) is 5.75 Å². The van der Waals surface area contributed by atoms with Gasteiger partial charge in [0.2, 0.25) is 10.0 Å². The van der Waals surface area contributed by atoms with Gasteiger partial charge in [-0.15, -0.1) is 0 Å². The Morgan fingerprint density at radius 3 is 2.71 bits per heavy atom. The van der Waals surface area contributed by atoms with Crippen LogP contribution in [0.25, 0.3) is 11.0 Å². The number of hydrogen-bond donors (Lipinski definition) is 2. The summed E-state index contributed by atoms with van der Waals surface area (Å²) in [4.78, 5) is 16.7. The number of imidazole rings is 1. The molecule has 0 saturated carbocycles. The minimum atomic E-state index is -3.69. The maximum atomic E-state index is 13.0. The average molecular weight is 345 g/mol. The van der Waals surface area contributed by atoms with E-state index in [1.54, 1.807) is 6.07 Å². The molecule has 3 aromatic rings. The second-order valence-corrected chi connectivity index (χ2v) is 7.52. The van der Waals surface area contributed by atoms with Crippen LogP contribution in [0.3, 0.4) is 0 Å². The zero-order valence-corrected chi connectivity index (χ0v) is 13.5. The molecule has 2 heterocycles. The maximum absolute atomic E-state index is 13.0. The van der Waals surface area contributed by atoms with E-state index < -0.39 is 10.0 Å². The molecule has 1 aromatic heterocycles. The van der Waals surface area contributed by atoms with Gasteiger partial charge in [0.15, 0.2) is 0 Å². The Hall–Kier alpha value is -2.58. The number of aromatic amines is 2. The number of fused-ring (bicyclic) bond motifs is 2. The summed E-state index contributed by atoms with van der Waals surface area (Å²) in [5.41, 5.74) is 1.50. The molecular formula is C16H15N3O4S. The monoisotopic (exact) mass is 345 g/mol. The summed E-state index contributed by atoms with van der Waals surface area (Å²) in [6, 6.07) is 12.0. The lowest BCUT2D eigenvalue weighted by molar-refractivity contribution is 0.293. The highest BCUT2D eigenvalue weighted by atomic mass is 32.2. The number of aromatic nitrogens is 2. The number of nitrogens with zero attached hydrogens (tertiary/aromatic N) is 1. The summed E-state index contributed by atoms with van der Waals surface area (Å²) >= 11 is 0. The fraction of sp³-hybridized carbons (Fsp3) is 0.188. The number of ether oxygens (including phenoxy) is 1. The minimum Gasteiger partial charge on any atom is -0.492 e. The molecule has 0 unspecified atom stereocenters. The van der Waals surface area contributed by atoms with Crippen LogP contribution >= 0.6 is 0 Å². The second-order valence-electron chi connectivity index (χ2n) is 5.58. The first-order valence-corrected chi connectivity index (χ1v) is 8.91. The van der Waals surface area contributed by atoms with E-state index in [-0.39, 0.29) is 23.7 Å². The zero-order chi connectivity index (χ0) is 16.7. The standard InChI is InChI=1S/C16H15N3O4S/c20-16-17-13-6-5-12(9-14(13)18-16)24(21,22)19-7-8-23-15-4-2-1-3-11(15)10-19/h1-6,9H,7-8,10H2,(H2,17,18,20). The van der Waals surface area contributed by atoms with E-state index in [0.29, 0.717) is 23.4 Å². The van der Waals surface area contributed by atoms with Gasteiger partial charge in [0, 0.05) is 18.7 Å². The van der Waals surface area contributed by atoms with Gasteiger partial charge in [-0.3, -0.25) is 0 Å². The van der Waals surface area contributed by atoms with E-state index in [1.165, 1.54) is 16.4 Å². The molecule has 1 aliphatic rings. The molecule has 2 N–H and O–H groups in total. The van der Waals surface area contributed by atoms with Crippen molar-refractivity contribution in [3.8, 4) is 5.75 Å². The van der Waals surface area contributed by atoms with E-state index in [4.69, 9.17) is 4.74 Å². The smallest absolute Gasteiger partial charge is 0.323 e. The second kappa shape index (κ2) is 5.50. The quantitative estimate of drug-likeness (QED) is 0.735. The molecule has 1 aliphatic heterocycles. The highest BCUT2D eigenvalue weighted by Gasteiger charge is 2.27. The van der Waals surface area contributed by atoms with Crippen LogP contribution in [-0.2, 0) is 16.6 Å². The van der Waals surface area contributed by atoms with Crippen molar-refractivity contribution in [1.29, 1.82) is 0 Å². The highest BCUT2D eigenvalue weighted by molar-refractivity contribution is 7.89. The van der Waals surface area contributed by atoms with Crippen LogP contribution in [0.4, 0.5) is 0 Å². The molecule has 8 heteroatoms. The van der Waals surface area contributed by atoms with E-state index in [0.717, 1.165) is 5.56 Å². The van der Waals surface area contributed by atoms with Gasteiger partial charge in [0.1, 0.15) is 12.4 Å². The molecule has 0 fully saturated rings. The lowest BCUT2D eigenvalue weighted by Gasteiger charge is -2.19. The molecule has 24 heavy (non-hydrogen) atoms. The van der Waals surface area contributed by atoms with Gasteiger partial charge in [-0.1, -0.05) is 18.2 Å². The van der Waals surface area contributed by atoms with Crippen molar-refractivity contribution < 1.29 is 13.2 Å². The maximum Gasteiger partial charge on any atom is 0.323 e. The van der Waals surface area contributed by atoms with Crippen molar-refractivity contribution in [2.24, 2.45) is 0 Å². The number of benzene rings is 2. The summed E-state index contributed by atoms with van der Waals surface area (Å²) in [6.45, 7) is 0.804. The number of hydrogen-bond acceptors (Lipinski definition) is 4. The average Bonchev–Trinajstić information content (AvgIpc) is 2.79. The Bertz CT molecular complexity index is 1070. The van der Waals surface area contributed by atoms with Crippen LogP contribution in [0.2, 0.25) is 0 Å². The Balaban J connectivity index is 1.74. The molecule has 0 amide bonds. The summed E-state index contributed by atoms with van der Waals surface area (Å²) in [6.07, 6.45) is 0. The summed E-state index contributed by atoms with van der Waals surface area (Å²) < 4.78 is 33.0. The molecule has 0 bridgehead atoms. The third-order valence-corrected chi connectivity index (χ3v) is 5.88. The first-order chi connectivity index (χ1) is 11.5. The number of H-pyrrole nitrogens is 2. The molecule has 0 aliphatic carbocycles. The van der Waals surface area contributed by atoms with Gasteiger partial charge >= 0.3 is 5.69 Å². The predicted molar refractivity (Wildman–Crippen MR) is 88.5 cm³/mol. The molecule has 0 atom stereocenters. The number of rotatable bonds is 2. The summed E-state index contributed by atoms with van der Waals surface area (Å²) in [5, 5.41) is 0. The van der Waals surface area contributed by atoms with Gasteiger partial charge in [-0.25, -0.2) is 13.2 Å². The van der Waals surface area contributed by atoms with E-state index in [2.05, 4.69) is 9.97 Å². The van der Waals surface area contributed by atoms with Crippen LogP contribution in [-0.4, -0.2) is 35.8 Å². The molecule has 0 saturated heterocycles. The van der Waals surface area contributed by atoms with Crippen molar-refractivity contribution >= 4 is 21.1 Å². The van der Waals surface area contributed by atoms with Crippen LogP contribution < -0.4 is 10.4 Å². The Kier molecular flexibility index (Phi) is 3.43.